The Hall–Kier alpha value is -1.96. The van der Waals surface area contributed by atoms with E-state index in [4.69, 9.17) is 0 Å². The van der Waals surface area contributed by atoms with Gasteiger partial charge in [0, 0.05) is 28.2 Å². The summed E-state index contributed by atoms with van der Waals surface area (Å²) in [6, 6.07) is 8.58. The number of phenolic OH excluding ortho intramolecular Hbond substituents is 2. The predicted octanol–water partition coefficient (Wildman–Crippen LogP) is 7.53. The topological polar surface area (TPSA) is 40.5 Å². The van der Waals surface area contributed by atoms with Crippen molar-refractivity contribution < 1.29 is 10.2 Å². The minimum absolute atomic E-state index is 0.0572. The number of phenols is 2. The molecule has 0 amide bonds. The second-order valence-corrected chi connectivity index (χ2v) is 10.8. The number of hydrogen-bond donors (Lipinski definition) is 2. The van der Waals surface area contributed by atoms with Crippen LogP contribution in [0.2, 0.25) is 0 Å². The summed E-state index contributed by atoms with van der Waals surface area (Å²) in [4.78, 5) is 0. The Morgan fingerprint density at radius 2 is 1.00 bits per heavy atom. The van der Waals surface area contributed by atoms with Gasteiger partial charge in [-0.25, -0.2) is 0 Å². The monoisotopic (exact) mass is 406 g/mol. The van der Waals surface area contributed by atoms with Crippen LogP contribution in [0.15, 0.2) is 24.3 Å². The molecule has 2 N–H and O–H groups in total. The van der Waals surface area contributed by atoms with Gasteiger partial charge in [0.25, 0.3) is 0 Å². The summed E-state index contributed by atoms with van der Waals surface area (Å²) in [6.07, 6.45) is 9.47. The van der Waals surface area contributed by atoms with Crippen LogP contribution in [0.4, 0.5) is 0 Å². The first-order chi connectivity index (χ1) is 14.1. The van der Waals surface area contributed by atoms with Crippen LogP contribution in [0.1, 0.15) is 111 Å². The van der Waals surface area contributed by atoms with Gasteiger partial charge in [0.1, 0.15) is 11.5 Å². The smallest absolute Gasteiger partial charge is 0.123 e. The van der Waals surface area contributed by atoms with Crippen LogP contribution in [-0.2, 0) is 10.8 Å². The molecule has 0 heterocycles. The maximum atomic E-state index is 11.4. The van der Waals surface area contributed by atoms with Crippen molar-refractivity contribution in [1.29, 1.82) is 0 Å². The largest absolute Gasteiger partial charge is 0.507 e. The lowest BCUT2D eigenvalue weighted by molar-refractivity contribution is 0.410. The molecule has 4 rings (SSSR count). The molecule has 2 aliphatic rings. The van der Waals surface area contributed by atoms with Gasteiger partial charge in [0.2, 0.25) is 0 Å². The van der Waals surface area contributed by atoms with E-state index in [0.717, 1.165) is 47.9 Å². The van der Waals surface area contributed by atoms with Crippen molar-refractivity contribution in [1.82, 2.24) is 0 Å². The summed E-state index contributed by atoms with van der Waals surface area (Å²) in [5, 5.41) is 22.8. The first-order valence-electron chi connectivity index (χ1n) is 11.8. The molecule has 2 aliphatic carbocycles. The number of hydrogen-bond acceptors (Lipinski definition) is 2. The summed E-state index contributed by atoms with van der Waals surface area (Å²) in [6.45, 7) is 11.0. The summed E-state index contributed by atoms with van der Waals surface area (Å²) in [5.74, 6) is 0.816. The van der Waals surface area contributed by atoms with Crippen molar-refractivity contribution in [2.45, 2.75) is 103 Å². The molecule has 0 radical (unpaired) electrons. The third-order valence-electron chi connectivity index (χ3n) is 8.22. The van der Waals surface area contributed by atoms with Crippen LogP contribution in [0.3, 0.4) is 0 Å². The van der Waals surface area contributed by atoms with E-state index in [1.54, 1.807) is 0 Å². The number of benzene rings is 2. The SMILES string of the molecule is Cc1cc(C(C)c2cc(C)cc(C3(C)CCCC3)c2O)c(O)c(C2(C)CCCC2)c1. The molecule has 30 heavy (non-hydrogen) atoms. The Balaban J connectivity index is 1.82. The highest BCUT2D eigenvalue weighted by molar-refractivity contribution is 5.56. The molecule has 2 saturated carbocycles. The lowest BCUT2D eigenvalue weighted by atomic mass is 9.75. The standard InChI is InChI=1S/C28H38O2/c1-18-14-21(25(29)23(16-18)27(4)10-6-7-11-27)20(3)22-15-19(2)17-24(26(22)30)28(5)12-8-9-13-28/h14-17,20,29-30H,6-13H2,1-5H3. The van der Waals surface area contributed by atoms with Gasteiger partial charge in [-0.1, -0.05) is 81.8 Å². The highest BCUT2D eigenvalue weighted by Gasteiger charge is 2.36. The predicted molar refractivity (Wildman–Crippen MR) is 125 cm³/mol. The van der Waals surface area contributed by atoms with Crippen LogP contribution >= 0.6 is 0 Å². The van der Waals surface area contributed by atoms with Crippen LogP contribution in [0.5, 0.6) is 11.5 Å². The van der Waals surface area contributed by atoms with Gasteiger partial charge >= 0.3 is 0 Å². The summed E-state index contributed by atoms with van der Waals surface area (Å²) >= 11 is 0. The fourth-order valence-electron chi connectivity index (χ4n) is 6.21. The van der Waals surface area contributed by atoms with Gasteiger partial charge in [0.05, 0.1) is 0 Å². The summed E-state index contributed by atoms with van der Waals surface area (Å²) < 4.78 is 0. The van der Waals surface area contributed by atoms with Crippen molar-refractivity contribution in [3.8, 4) is 11.5 Å². The van der Waals surface area contributed by atoms with Gasteiger partial charge in [-0.15, -0.1) is 0 Å². The highest BCUT2D eigenvalue weighted by Crippen LogP contribution is 2.50. The van der Waals surface area contributed by atoms with E-state index >= 15 is 0 Å². The third kappa shape index (κ3) is 3.53. The van der Waals surface area contributed by atoms with Gasteiger partial charge < -0.3 is 10.2 Å². The molecular formula is C28H38O2. The molecule has 162 valence electrons. The summed E-state index contributed by atoms with van der Waals surface area (Å²) in [5.41, 5.74) is 6.57. The molecule has 0 bridgehead atoms. The van der Waals surface area contributed by atoms with Gasteiger partial charge in [-0.3, -0.25) is 0 Å². The first-order valence-corrected chi connectivity index (χ1v) is 11.8. The lowest BCUT2D eigenvalue weighted by Crippen LogP contribution is -2.19. The molecule has 0 saturated heterocycles. The second-order valence-electron chi connectivity index (χ2n) is 10.8. The lowest BCUT2D eigenvalue weighted by Gasteiger charge is -2.30. The van der Waals surface area contributed by atoms with Gasteiger partial charge in [0.15, 0.2) is 0 Å². The Morgan fingerprint density at radius 3 is 1.33 bits per heavy atom. The van der Waals surface area contributed by atoms with Crippen LogP contribution in [-0.4, -0.2) is 10.2 Å². The van der Waals surface area contributed by atoms with E-state index in [1.807, 2.05) is 0 Å². The molecule has 0 aliphatic heterocycles. The molecule has 2 aromatic carbocycles. The van der Waals surface area contributed by atoms with Crippen molar-refractivity contribution >= 4 is 0 Å². The van der Waals surface area contributed by atoms with Gasteiger partial charge in [-0.2, -0.15) is 0 Å². The van der Waals surface area contributed by atoms with E-state index in [9.17, 15) is 10.2 Å². The van der Waals surface area contributed by atoms with E-state index < -0.39 is 0 Å². The van der Waals surface area contributed by atoms with Crippen molar-refractivity contribution in [2.24, 2.45) is 0 Å². The number of aryl methyl sites for hydroxylation is 2. The van der Waals surface area contributed by atoms with E-state index in [-0.39, 0.29) is 16.7 Å². The molecular weight excluding hydrogens is 368 g/mol. The minimum atomic E-state index is -0.0580. The van der Waals surface area contributed by atoms with E-state index in [2.05, 4.69) is 58.9 Å². The molecule has 2 nitrogen and oxygen atoms in total. The van der Waals surface area contributed by atoms with Crippen molar-refractivity contribution in [2.75, 3.05) is 0 Å². The average molecular weight is 407 g/mol. The number of aromatic hydroxyl groups is 2. The molecule has 0 unspecified atom stereocenters. The van der Waals surface area contributed by atoms with Crippen molar-refractivity contribution in [3.05, 3.63) is 57.6 Å². The van der Waals surface area contributed by atoms with Crippen LogP contribution in [0, 0.1) is 13.8 Å². The first kappa shape index (κ1) is 21.3. The Kier molecular flexibility index (Phi) is 5.41. The van der Waals surface area contributed by atoms with E-state index in [0.29, 0.717) is 11.5 Å². The zero-order valence-electron chi connectivity index (χ0n) is 19.4. The summed E-state index contributed by atoms with van der Waals surface area (Å²) in [7, 11) is 0. The molecule has 0 aromatic heterocycles. The minimum Gasteiger partial charge on any atom is -0.507 e. The van der Waals surface area contributed by atoms with E-state index in [1.165, 1.54) is 36.8 Å². The third-order valence-corrected chi connectivity index (χ3v) is 8.22. The second kappa shape index (κ2) is 7.62. The Labute approximate surface area is 182 Å². The van der Waals surface area contributed by atoms with Crippen LogP contribution < -0.4 is 0 Å². The maximum absolute atomic E-state index is 11.4. The molecule has 2 fully saturated rings. The fourth-order valence-corrected chi connectivity index (χ4v) is 6.21. The number of rotatable bonds is 4. The highest BCUT2D eigenvalue weighted by atomic mass is 16.3. The fraction of sp³-hybridized carbons (Fsp3) is 0.571. The maximum Gasteiger partial charge on any atom is 0.123 e. The molecule has 2 heteroatoms. The van der Waals surface area contributed by atoms with Crippen LogP contribution in [0.25, 0.3) is 0 Å². The zero-order chi connectivity index (χ0) is 21.7. The molecule has 0 atom stereocenters. The normalized spacial score (nSPS) is 20.2. The zero-order valence-corrected chi connectivity index (χ0v) is 19.4. The molecule has 2 aromatic rings. The Morgan fingerprint density at radius 1 is 0.667 bits per heavy atom. The van der Waals surface area contributed by atoms with Crippen molar-refractivity contribution in [3.63, 3.8) is 0 Å². The quantitative estimate of drug-likeness (QED) is 0.551. The Bertz CT molecular complexity index is 866. The average Bonchev–Trinajstić information content (AvgIpc) is 3.34. The van der Waals surface area contributed by atoms with Gasteiger partial charge in [-0.05, 0) is 50.4 Å². The molecule has 0 spiro atoms.